The fourth-order valence-electron chi connectivity index (χ4n) is 2.99. The lowest BCUT2D eigenvalue weighted by atomic mass is 10.1. The molecule has 0 spiro atoms. The van der Waals surface area contributed by atoms with Crippen LogP contribution in [0.25, 0.3) is 0 Å². The minimum absolute atomic E-state index is 0.215. The number of ether oxygens (including phenoxy) is 1. The van der Waals surface area contributed by atoms with Gasteiger partial charge in [0, 0.05) is 23.8 Å². The van der Waals surface area contributed by atoms with Gasteiger partial charge in [-0.15, -0.1) is 0 Å². The van der Waals surface area contributed by atoms with E-state index in [-0.39, 0.29) is 29.3 Å². The Balaban J connectivity index is 1.58. The lowest BCUT2D eigenvalue weighted by Gasteiger charge is -2.16. The van der Waals surface area contributed by atoms with Crippen molar-refractivity contribution in [3.8, 4) is 11.6 Å². The highest BCUT2D eigenvalue weighted by atomic mass is 32.2. The van der Waals surface area contributed by atoms with Crippen molar-refractivity contribution < 1.29 is 17.9 Å². The number of carbonyl (C=O) groups is 1. The van der Waals surface area contributed by atoms with Crippen molar-refractivity contribution in [3.05, 3.63) is 59.4 Å². The average molecular weight is 413 g/mol. The Kier molecular flexibility index (Phi) is 5.36. The van der Waals surface area contributed by atoms with Crippen molar-refractivity contribution in [1.29, 1.82) is 0 Å². The van der Waals surface area contributed by atoms with Crippen LogP contribution in [0.4, 0.5) is 0 Å². The van der Waals surface area contributed by atoms with Gasteiger partial charge < -0.3 is 10.1 Å². The summed E-state index contributed by atoms with van der Waals surface area (Å²) in [6.45, 7) is 0. The standard InChI is InChI=1S/C21H23N3O4S/c1-29(26,27)12-11-18(14-7-8-14)23-20(25)17-13-22-19(15-9-10-15)24-21(17)28-16-5-3-2-4-6-16/h2-6,11-15,18H,7-10H2,1H3,(H,23,25)/b12-11+/t18-/m1/s1. The molecule has 2 aromatic rings. The molecule has 29 heavy (non-hydrogen) atoms. The number of nitrogens with zero attached hydrogens (tertiary/aromatic N) is 2. The Labute approximate surface area is 170 Å². The zero-order valence-corrected chi connectivity index (χ0v) is 16.9. The predicted molar refractivity (Wildman–Crippen MR) is 108 cm³/mol. The normalized spacial score (nSPS) is 17.8. The molecule has 2 aliphatic carbocycles. The summed E-state index contributed by atoms with van der Waals surface area (Å²) in [6, 6.07) is 8.80. The summed E-state index contributed by atoms with van der Waals surface area (Å²) < 4.78 is 28.8. The summed E-state index contributed by atoms with van der Waals surface area (Å²) in [7, 11) is -3.26. The fourth-order valence-corrected chi connectivity index (χ4v) is 3.44. The molecule has 152 valence electrons. The van der Waals surface area contributed by atoms with E-state index < -0.39 is 9.84 Å². The van der Waals surface area contributed by atoms with E-state index in [1.54, 1.807) is 18.2 Å². The van der Waals surface area contributed by atoms with Gasteiger partial charge in [0.25, 0.3) is 5.91 Å². The van der Waals surface area contributed by atoms with Crippen molar-refractivity contribution in [2.45, 2.75) is 37.6 Å². The first-order valence-electron chi connectivity index (χ1n) is 9.68. The van der Waals surface area contributed by atoms with E-state index in [1.165, 1.54) is 6.20 Å². The van der Waals surface area contributed by atoms with E-state index in [2.05, 4.69) is 15.3 Å². The van der Waals surface area contributed by atoms with Crippen molar-refractivity contribution in [3.63, 3.8) is 0 Å². The first-order valence-corrected chi connectivity index (χ1v) is 11.6. The van der Waals surface area contributed by atoms with Crippen LogP contribution in [-0.4, -0.2) is 36.6 Å². The van der Waals surface area contributed by atoms with E-state index in [4.69, 9.17) is 4.74 Å². The summed E-state index contributed by atoms with van der Waals surface area (Å²) >= 11 is 0. The topological polar surface area (TPSA) is 98.2 Å². The summed E-state index contributed by atoms with van der Waals surface area (Å²) in [5.74, 6) is 1.66. The monoisotopic (exact) mass is 413 g/mol. The molecule has 2 saturated carbocycles. The summed E-state index contributed by atoms with van der Waals surface area (Å²) in [5, 5.41) is 4.05. The molecular formula is C21H23N3O4S. The van der Waals surface area contributed by atoms with Gasteiger partial charge in [0.2, 0.25) is 5.88 Å². The first-order chi connectivity index (χ1) is 13.9. The zero-order chi connectivity index (χ0) is 20.4. The van der Waals surface area contributed by atoms with E-state index in [0.29, 0.717) is 17.5 Å². The van der Waals surface area contributed by atoms with Gasteiger partial charge in [0.05, 0.1) is 6.04 Å². The molecule has 0 saturated heterocycles. The number of para-hydroxylation sites is 1. The van der Waals surface area contributed by atoms with Crippen molar-refractivity contribution >= 4 is 15.7 Å². The molecule has 0 unspecified atom stereocenters. The first kappa shape index (κ1) is 19.6. The van der Waals surface area contributed by atoms with Crippen LogP contribution in [-0.2, 0) is 9.84 Å². The molecule has 2 fully saturated rings. The number of rotatable bonds is 8. The molecule has 7 nitrogen and oxygen atoms in total. The molecule has 1 amide bonds. The van der Waals surface area contributed by atoms with Crippen LogP contribution in [0.1, 0.15) is 47.8 Å². The maximum Gasteiger partial charge on any atom is 0.258 e. The fraction of sp³-hybridized carbons (Fsp3) is 0.381. The van der Waals surface area contributed by atoms with E-state index in [1.807, 2.05) is 18.2 Å². The smallest absolute Gasteiger partial charge is 0.258 e. The zero-order valence-electron chi connectivity index (χ0n) is 16.1. The highest BCUT2D eigenvalue weighted by molar-refractivity contribution is 7.93. The van der Waals surface area contributed by atoms with Crippen LogP contribution < -0.4 is 10.1 Å². The number of hydrogen-bond donors (Lipinski definition) is 1. The second-order valence-corrected chi connectivity index (χ2v) is 9.56. The number of sulfone groups is 1. The molecule has 1 atom stereocenters. The molecule has 0 bridgehead atoms. The Morgan fingerprint density at radius 2 is 1.93 bits per heavy atom. The summed E-state index contributed by atoms with van der Waals surface area (Å²) in [5.41, 5.74) is 0.233. The molecule has 0 aliphatic heterocycles. The highest BCUT2D eigenvalue weighted by Crippen LogP contribution is 2.39. The maximum atomic E-state index is 13.0. The average Bonchev–Trinajstić information content (AvgIpc) is 3.57. The van der Waals surface area contributed by atoms with Crippen LogP contribution >= 0.6 is 0 Å². The Morgan fingerprint density at radius 3 is 2.55 bits per heavy atom. The van der Waals surface area contributed by atoms with Crippen LogP contribution in [0.3, 0.4) is 0 Å². The largest absolute Gasteiger partial charge is 0.438 e. The number of carbonyl (C=O) groups excluding carboxylic acids is 1. The van der Waals surface area contributed by atoms with Gasteiger partial charge in [0.1, 0.15) is 17.1 Å². The number of aromatic nitrogens is 2. The predicted octanol–water partition coefficient (Wildman–Crippen LogP) is 3.21. The quantitative estimate of drug-likeness (QED) is 0.714. The Morgan fingerprint density at radius 1 is 1.21 bits per heavy atom. The molecule has 8 heteroatoms. The molecular weight excluding hydrogens is 390 g/mol. The number of hydrogen-bond acceptors (Lipinski definition) is 6. The highest BCUT2D eigenvalue weighted by Gasteiger charge is 2.33. The van der Waals surface area contributed by atoms with Crippen LogP contribution in [0, 0.1) is 5.92 Å². The van der Waals surface area contributed by atoms with E-state index >= 15 is 0 Å². The maximum absolute atomic E-state index is 13.0. The number of nitrogens with one attached hydrogen (secondary N) is 1. The lowest BCUT2D eigenvalue weighted by molar-refractivity contribution is 0.0937. The van der Waals surface area contributed by atoms with Crippen LogP contribution in [0.2, 0.25) is 0 Å². The van der Waals surface area contributed by atoms with Gasteiger partial charge >= 0.3 is 0 Å². The van der Waals surface area contributed by atoms with Crippen molar-refractivity contribution in [2.75, 3.05) is 6.26 Å². The molecule has 1 N–H and O–H groups in total. The van der Waals surface area contributed by atoms with Gasteiger partial charge in [-0.3, -0.25) is 4.79 Å². The van der Waals surface area contributed by atoms with Crippen molar-refractivity contribution in [1.82, 2.24) is 15.3 Å². The third-order valence-corrected chi connectivity index (χ3v) is 5.53. The van der Waals surface area contributed by atoms with Crippen molar-refractivity contribution in [2.24, 2.45) is 5.92 Å². The lowest BCUT2D eigenvalue weighted by Crippen LogP contribution is -2.35. The van der Waals surface area contributed by atoms with Gasteiger partial charge in [-0.2, -0.15) is 4.98 Å². The second-order valence-electron chi connectivity index (χ2n) is 7.63. The Bertz CT molecular complexity index is 1030. The van der Waals surface area contributed by atoms with Crippen LogP contribution in [0.5, 0.6) is 11.6 Å². The molecule has 0 radical (unpaired) electrons. The third-order valence-electron chi connectivity index (χ3n) is 4.88. The molecule has 1 aromatic heterocycles. The molecule has 1 aromatic carbocycles. The Hall–Kier alpha value is -2.74. The molecule has 2 aliphatic rings. The van der Waals surface area contributed by atoms with Gasteiger partial charge in [-0.1, -0.05) is 24.3 Å². The molecule has 1 heterocycles. The SMILES string of the molecule is CS(=O)(=O)/C=C/[C@@H](NC(=O)c1cnc(C2CC2)nc1Oc1ccccc1)C1CC1. The van der Waals surface area contributed by atoms with E-state index in [9.17, 15) is 13.2 Å². The second kappa shape index (κ2) is 7.94. The number of benzene rings is 1. The van der Waals surface area contributed by atoms with Gasteiger partial charge in [0.15, 0.2) is 9.84 Å². The van der Waals surface area contributed by atoms with Crippen LogP contribution in [0.15, 0.2) is 48.0 Å². The summed E-state index contributed by atoms with van der Waals surface area (Å²) in [4.78, 5) is 21.8. The van der Waals surface area contributed by atoms with E-state index in [0.717, 1.165) is 37.3 Å². The minimum Gasteiger partial charge on any atom is -0.438 e. The van der Waals surface area contributed by atoms with Gasteiger partial charge in [-0.05, 0) is 43.7 Å². The minimum atomic E-state index is -3.26. The number of amides is 1. The summed E-state index contributed by atoms with van der Waals surface area (Å²) in [6.07, 6.45) is 8.14. The van der Waals surface area contributed by atoms with Gasteiger partial charge in [-0.25, -0.2) is 13.4 Å². The molecule has 4 rings (SSSR count). The third kappa shape index (κ3) is 5.41.